The van der Waals surface area contributed by atoms with Crippen molar-refractivity contribution < 1.29 is 14.3 Å². The fraction of sp³-hybridized carbons (Fsp3) is 0.263. The van der Waals surface area contributed by atoms with Crippen molar-refractivity contribution in [1.82, 2.24) is 5.32 Å². The number of rotatable bonds is 4. The number of benzene rings is 2. The molecule has 136 valence electrons. The Labute approximate surface area is 150 Å². The number of primary amides is 1. The van der Waals surface area contributed by atoms with Gasteiger partial charge in [0.15, 0.2) is 0 Å². The average Bonchev–Trinajstić information content (AvgIpc) is 2.62. The number of amides is 1. The molecule has 1 atom stereocenters. The Kier molecular flexibility index (Phi) is 5.01. The number of carbonyl (C=O) groups excluding carboxylic acids is 1. The van der Waals surface area contributed by atoms with Crippen molar-refractivity contribution in [2.75, 3.05) is 18.8 Å². The van der Waals surface area contributed by atoms with E-state index in [1.807, 2.05) is 0 Å². The van der Waals surface area contributed by atoms with Gasteiger partial charge in [-0.3, -0.25) is 4.79 Å². The van der Waals surface area contributed by atoms with Gasteiger partial charge in [0.2, 0.25) is 5.97 Å². The Morgan fingerprint density at radius 2 is 1.88 bits per heavy atom. The monoisotopic (exact) mass is 356 g/mol. The number of piperidine rings is 1. The average molecular weight is 356 g/mol. The largest absolute Gasteiger partial charge is 0.397 e. The van der Waals surface area contributed by atoms with Crippen LogP contribution in [0.15, 0.2) is 47.5 Å². The smallest absolute Gasteiger partial charge is 0.250 e. The van der Waals surface area contributed by atoms with Gasteiger partial charge in [-0.25, -0.2) is 4.99 Å². The summed E-state index contributed by atoms with van der Waals surface area (Å²) in [6.07, 6.45) is 1.56. The lowest BCUT2D eigenvalue weighted by atomic mass is 9.87. The standard InChI is InChI=1S/C19H21FN4O2/c20-17(14-3-1-4-15(16(14)21)18(22)25)24-13-7-5-12(6-8-13)19(26)9-2-10-23-11-19/h1,3-8,23,26H,2,9-11,21H2,(H2,22,25). The molecular formula is C19H21FN4O2. The predicted octanol–water partition coefficient (Wildman–Crippen LogP) is 1.99. The fourth-order valence-corrected chi connectivity index (χ4v) is 3.12. The van der Waals surface area contributed by atoms with Crippen molar-refractivity contribution in [3.8, 4) is 0 Å². The van der Waals surface area contributed by atoms with E-state index in [0.717, 1.165) is 18.5 Å². The molecule has 1 aliphatic heterocycles. The van der Waals surface area contributed by atoms with Crippen LogP contribution in [-0.4, -0.2) is 30.1 Å². The number of nitrogens with zero attached hydrogens (tertiary/aromatic N) is 1. The van der Waals surface area contributed by atoms with Crippen LogP contribution in [0.2, 0.25) is 0 Å². The zero-order chi connectivity index (χ0) is 18.7. The van der Waals surface area contributed by atoms with Crippen LogP contribution in [0.5, 0.6) is 0 Å². The summed E-state index contributed by atoms with van der Waals surface area (Å²) in [6, 6.07) is 11.1. The Morgan fingerprint density at radius 1 is 1.19 bits per heavy atom. The van der Waals surface area contributed by atoms with Crippen LogP contribution in [0.25, 0.3) is 0 Å². The lowest BCUT2D eigenvalue weighted by Crippen LogP contribution is -2.43. The number of nitrogens with two attached hydrogens (primary N) is 2. The molecule has 1 saturated heterocycles. The summed E-state index contributed by atoms with van der Waals surface area (Å²) < 4.78 is 14.5. The van der Waals surface area contributed by atoms with E-state index >= 15 is 0 Å². The van der Waals surface area contributed by atoms with Gasteiger partial charge in [0.25, 0.3) is 5.91 Å². The number of para-hydroxylation sites is 1. The van der Waals surface area contributed by atoms with Gasteiger partial charge < -0.3 is 21.9 Å². The second-order valence-corrected chi connectivity index (χ2v) is 6.39. The van der Waals surface area contributed by atoms with Crippen molar-refractivity contribution in [3.63, 3.8) is 0 Å². The third kappa shape index (κ3) is 3.58. The summed E-state index contributed by atoms with van der Waals surface area (Å²) in [4.78, 5) is 15.2. The molecule has 0 bridgehead atoms. The summed E-state index contributed by atoms with van der Waals surface area (Å²) in [5.74, 6) is -1.53. The van der Waals surface area contributed by atoms with Crippen LogP contribution in [0, 0.1) is 0 Å². The lowest BCUT2D eigenvalue weighted by Gasteiger charge is -2.33. The maximum atomic E-state index is 14.5. The molecule has 1 amide bonds. The maximum Gasteiger partial charge on any atom is 0.250 e. The summed E-state index contributed by atoms with van der Waals surface area (Å²) in [5.41, 5.74) is 11.3. The molecule has 2 aromatic carbocycles. The highest BCUT2D eigenvalue weighted by Crippen LogP contribution is 2.30. The molecule has 2 aromatic rings. The number of nitrogens with one attached hydrogen (secondary N) is 1. The van der Waals surface area contributed by atoms with Crippen molar-refractivity contribution in [2.24, 2.45) is 10.7 Å². The molecule has 7 heteroatoms. The van der Waals surface area contributed by atoms with E-state index in [-0.39, 0.29) is 16.8 Å². The van der Waals surface area contributed by atoms with E-state index in [2.05, 4.69) is 10.3 Å². The zero-order valence-corrected chi connectivity index (χ0v) is 14.2. The minimum atomic E-state index is -0.917. The number of aliphatic hydroxyl groups is 1. The molecule has 0 radical (unpaired) electrons. The van der Waals surface area contributed by atoms with Crippen LogP contribution in [0.3, 0.4) is 0 Å². The molecule has 1 heterocycles. The Bertz CT molecular complexity index is 843. The molecule has 0 aromatic heterocycles. The van der Waals surface area contributed by atoms with Crippen LogP contribution in [0.1, 0.15) is 34.3 Å². The second kappa shape index (κ2) is 7.23. The van der Waals surface area contributed by atoms with Gasteiger partial charge in [0.05, 0.1) is 22.5 Å². The lowest BCUT2D eigenvalue weighted by molar-refractivity contribution is 0.0123. The van der Waals surface area contributed by atoms with Crippen molar-refractivity contribution >= 4 is 23.2 Å². The summed E-state index contributed by atoms with van der Waals surface area (Å²) in [6.45, 7) is 1.38. The topological polar surface area (TPSA) is 114 Å². The van der Waals surface area contributed by atoms with Gasteiger partial charge in [0.1, 0.15) is 5.60 Å². The highest BCUT2D eigenvalue weighted by Gasteiger charge is 2.30. The van der Waals surface area contributed by atoms with Crippen LogP contribution < -0.4 is 16.8 Å². The number of carbonyl (C=O) groups is 1. The number of aliphatic imine (C=N–C) groups is 1. The Balaban J connectivity index is 1.86. The number of halogens is 1. The molecule has 3 rings (SSSR count). The first-order valence-electron chi connectivity index (χ1n) is 8.37. The molecule has 1 fully saturated rings. The van der Waals surface area contributed by atoms with Gasteiger partial charge in [-0.05, 0) is 49.2 Å². The molecule has 26 heavy (non-hydrogen) atoms. The number of nitrogen functional groups attached to an aromatic ring is 1. The third-order valence-corrected chi connectivity index (χ3v) is 4.59. The maximum absolute atomic E-state index is 14.5. The molecule has 6 N–H and O–H groups in total. The predicted molar refractivity (Wildman–Crippen MR) is 99.1 cm³/mol. The highest BCUT2D eigenvalue weighted by atomic mass is 19.1. The normalized spacial score (nSPS) is 20.8. The molecule has 0 saturated carbocycles. The van der Waals surface area contributed by atoms with Crippen molar-refractivity contribution in [1.29, 1.82) is 0 Å². The summed E-state index contributed by atoms with van der Waals surface area (Å²) in [7, 11) is 0. The first-order chi connectivity index (χ1) is 12.4. The first-order valence-corrected chi connectivity index (χ1v) is 8.37. The summed E-state index contributed by atoms with van der Waals surface area (Å²) >= 11 is 0. The van der Waals surface area contributed by atoms with Crippen molar-refractivity contribution in [3.05, 3.63) is 59.2 Å². The van der Waals surface area contributed by atoms with Crippen LogP contribution in [0.4, 0.5) is 15.8 Å². The molecular weight excluding hydrogens is 335 g/mol. The molecule has 6 nitrogen and oxygen atoms in total. The number of hydrogen-bond acceptors (Lipinski definition) is 5. The van der Waals surface area contributed by atoms with Crippen molar-refractivity contribution in [2.45, 2.75) is 18.4 Å². The highest BCUT2D eigenvalue weighted by molar-refractivity contribution is 6.06. The van der Waals surface area contributed by atoms with E-state index in [9.17, 15) is 14.3 Å². The van der Waals surface area contributed by atoms with Gasteiger partial charge in [-0.2, -0.15) is 4.39 Å². The van der Waals surface area contributed by atoms with E-state index < -0.39 is 17.5 Å². The van der Waals surface area contributed by atoms with E-state index in [1.165, 1.54) is 18.2 Å². The minimum absolute atomic E-state index is 0.0143. The Hall–Kier alpha value is -2.77. The number of anilines is 1. The number of β-amino-alcohol motifs (C(OH)–C–C–N with tert-alkyl or cyclic N) is 1. The SMILES string of the molecule is NC(=O)c1cccc(C(F)=Nc2ccc(C3(O)CCCNC3)cc2)c1N. The molecule has 0 spiro atoms. The van der Waals surface area contributed by atoms with Crippen LogP contribution in [-0.2, 0) is 5.60 Å². The number of hydrogen-bond donors (Lipinski definition) is 4. The van der Waals surface area contributed by atoms with E-state index in [1.54, 1.807) is 24.3 Å². The second-order valence-electron chi connectivity index (χ2n) is 6.39. The van der Waals surface area contributed by atoms with Crippen LogP contribution >= 0.6 is 0 Å². The quantitative estimate of drug-likeness (QED) is 0.495. The van der Waals surface area contributed by atoms with E-state index in [0.29, 0.717) is 18.7 Å². The van der Waals surface area contributed by atoms with Gasteiger partial charge in [-0.1, -0.05) is 18.2 Å². The first kappa shape index (κ1) is 18.0. The van der Waals surface area contributed by atoms with E-state index in [4.69, 9.17) is 11.5 Å². The fourth-order valence-electron chi connectivity index (χ4n) is 3.12. The van der Waals surface area contributed by atoms with Gasteiger partial charge in [-0.15, -0.1) is 0 Å². The summed E-state index contributed by atoms with van der Waals surface area (Å²) in [5, 5.41) is 13.9. The zero-order valence-electron chi connectivity index (χ0n) is 14.2. The van der Waals surface area contributed by atoms with Gasteiger partial charge in [0, 0.05) is 6.54 Å². The van der Waals surface area contributed by atoms with Gasteiger partial charge >= 0.3 is 0 Å². The Morgan fingerprint density at radius 3 is 2.50 bits per heavy atom. The molecule has 0 aliphatic carbocycles. The minimum Gasteiger partial charge on any atom is -0.397 e. The molecule has 1 unspecified atom stereocenters. The third-order valence-electron chi connectivity index (χ3n) is 4.59. The molecule has 1 aliphatic rings.